The van der Waals surface area contributed by atoms with E-state index < -0.39 is 17.8 Å². The van der Waals surface area contributed by atoms with Crippen molar-refractivity contribution in [3.8, 4) is 11.1 Å². The summed E-state index contributed by atoms with van der Waals surface area (Å²) in [5.74, 6) is 0. The molecule has 1 saturated heterocycles. The van der Waals surface area contributed by atoms with Gasteiger partial charge in [-0.2, -0.15) is 13.2 Å². The van der Waals surface area contributed by atoms with Crippen LogP contribution in [0, 0.1) is 0 Å². The van der Waals surface area contributed by atoms with Crippen molar-refractivity contribution in [3.05, 3.63) is 53.1 Å². The van der Waals surface area contributed by atoms with E-state index in [1.54, 1.807) is 6.07 Å². The summed E-state index contributed by atoms with van der Waals surface area (Å²) < 4.78 is 40.3. The molecule has 0 aromatic heterocycles. The number of fused-ring (bicyclic) bond motifs is 1. The number of carbonyl (C=O) groups is 1. The summed E-state index contributed by atoms with van der Waals surface area (Å²) in [5.41, 5.74) is 3.53. The number of likely N-dealkylation sites (N-methyl/N-ethyl adjacent to an activating group) is 1. The van der Waals surface area contributed by atoms with Gasteiger partial charge in [0.2, 0.25) is 0 Å². The van der Waals surface area contributed by atoms with Gasteiger partial charge >= 0.3 is 12.3 Å². The van der Waals surface area contributed by atoms with Crippen LogP contribution in [0.1, 0.15) is 16.7 Å². The van der Waals surface area contributed by atoms with E-state index in [0.29, 0.717) is 38.3 Å². The molecule has 2 aliphatic heterocycles. The number of piperazine rings is 1. The van der Waals surface area contributed by atoms with E-state index in [1.165, 1.54) is 11.0 Å². The van der Waals surface area contributed by atoms with Crippen LogP contribution in [0.2, 0.25) is 0 Å². The minimum Gasteiger partial charge on any atom is -0.465 e. The van der Waals surface area contributed by atoms with E-state index in [9.17, 15) is 23.1 Å². The van der Waals surface area contributed by atoms with E-state index in [-0.39, 0.29) is 0 Å². The van der Waals surface area contributed by atoms with Crippen molar-refractivity contribution in [2.45, 2.75) is 19.1 Å². The van der Waals surface area contributed by atoms with Crippen molar-refractivity contribution in [3.63, 3.8) is 0 Å². The third-order valence-electron chi connectivity index (χ3n) is 6.00. The molecule has 5 nitrogen and oxygen atoms in total. The second-order valence-corrected chi connectivity index (χ2v) is 7.92. The first-order chi connectivity index (χ1) is 14.2. The molecule has 0 atom stereocenters. The van der Waals surface area contributed by atoms with E-state index in [1.807, 2.05) is 30.1 Å². The number of hydrogen-bond donors (Lipinski definition) is 1. The zero-order valence-electron chi connectivity index (χ0n) is 16.7. The largest absolute Gasteiger partial charge is 0.465 e. The van der Waals surface area contributed by atoms with E-state index >= 15 is 0 Å². The summed E-state index contributed by atoms with van der Waals surface area (Å²) in [6, 6.07) is 9.64. The van der Waals surface area contributed by atoms with Gasteiger partial charge in [0, 0.05) is 50.5 Å². The zero-order valence-corrected chi connectivity index (χ0v) is 16.7. The maximum absolute atomic E-state index is 13.4. The Morgan fingerprint density at radius 3 is 2.40 bits per heavy atom. The molecule has 30 heavy (non-hydrogen) atoms. The highest BCUT2D eigenvalue weighted by Crippen LogP contribution is 2.40. The first-order valence-corrected chi connectivity index (χ1v) is 9.98. The molecule has 8 heteroatoms. The van der Waals surface area contributed by atoms with Gasteiger partial charge in [-0.05, 0) is 42.3 Å². The quantitative estimate of drug-likeness (QED) is 0.794. The smallest absolute Gasteiger partial charge is 0.416 e. The van der Waals surface area contributed by atoms with Gasteiger partial charge in [0.1, 0.15) is 0 Å². The molecule has 2 aromatic rings. The average molecular weight is 419 g/mol. The number of carboxylic acid groups (broad SMARTS) is 1. The lowest BCUT2D eigenvalue weighted by Gasteiger charge is -2.36. The fourth-order valence-corrected chi connectivity index (χ4v) is 4.27. The molecule has 0 bridgehead atoms. The SMILES string of the molecule is CN1CCN(c2cc(C(F)(F)F)ccc2-c2cccc3c2CCN(C(=O)O)C3)CC1. The minimum atomic E-state index is -4.40. The van der Waals surface area contributed by atoms with E-state index in [2.05, 4.69) is 4.90 Å². The molecule has 2 aliphatic rings. The van der Waals surface area contributed by atoms with Gasteiger partial charge in [0.15, 0.2) is 0 Å². The van der Waals surface area contributed by atoms with Crippen LogP contribution in [0.25, 0.3) is 11.1 Å². The molecule has 1 fully saturated rings. The molecule has 0 aliphatic carbocycles. The predicted molar refractivity (Wildman–Crippen MR) is 109 cm³/mol. The predicted octanol–water partition coefficient (Wildman–Crippen LogP) is 4.16. The molecule has 2 heterocycles. The van der Waals surface area contributed by atoms with E-state index in [0.717, 1.165) is 41.4 Å². The van der Waals surface area contributed by atoms with Gasteiger partial charge in [-0.25, -0.2) is 4.79 Å². The Kier molecular flexibility index (Phi) is 5.36. The maximum atomic E-state index is 13.4. The molecule has 4 rings (SSSR count). The van der Waals surface area contributed by atoms with Crippen LogP contribution < -0.4 is 4.90 Å². The molecule has 0 saturated carbocycles. The zero-order chi connectivity index (χ0) is 21.5. The normalized spacial score (nSPS) is 17.7. The van der Waals surface area contributed by atoms with Crippen LogP contribution in [0.15, 0.2) is 36.4 Å². The number of alkyl halides is 3. The molecule has 2 aromatic carbocycles. The Balaban J connectivity index is 1.79. The standard InChI is InChI=1S/C22H24F3N3O2/c1-26-9-11-27(12-10-26)20-13-16(22(23,24)25)5-6-19(20)18-4-2-3-15-14-28(21(29)30)8-7-17(15)18/h2-6,13H,7-12,14H2,1H3,(H,29,30). The number of amides is 1. The van der Waals surface area contributed by atoms with Gasteiger partial charge < -0.3 is 19.8 Å². The van der Waals surface area contributed by atoms with Gasteiger partial charge in [0.25, 0.3) is 0 Å². The minimum absolute atomic E-state index is 0.295. The first-order valence-electron chi connectivity index (χ1n) is 9.98. The number of nitrogens with zero attached hydrogens (tertiary/aromatic N) is 3. The number of benzene rings is 2. The van der Waals surface area contributed by atoms with Gasteiger partial charge in [0.05, 0.1) is 5.56 Å². The Hall–Kier alpha value is -2.74. The Morgan fingerprint density at radius 1 is 1.00 bits per heavy atom. The Morgan fingerprint density at radius 2 is 1.73 bits per heavy atom. The molecular weight excluding hydrogens is 395 g/mol. The van der Waals surface area contributed by atoms with E-state index in [4.69, 9.17) is 0 Å². The highest BCUT2D eigenvalue weighted by atomic mass is 19.4. The molecule has 0 unspecified atom stereocenters. The highest BCUT2D eigenvalue weighted by Gasteiger charge is 2.32. The molecule has 160 valence electrons. The van der Waals surface area contributed by atoms with Crippen LogP contribution in [0.5, 0.6) is 0 Å². The summed E-state index contributed by atoms with van der Waals surface area (Å²) in [4.78, 5) is 16.9. The van der Waals surface area contributed by atoms with Crippen LogP contribution in [0.4, 0.5) is 23.7 Å². The summed E-state index contributed by atoms with van der Waals surface area (Å²) in [6.07, 6.45) is -4.82. The topological polar surface area (TPSA) is 47.0 Å². The van der Waals surface area contributed by atoms with Gasteiger partial charge in [-0.15, -0.1) is 0 Å². The van der Waals surface area contributed by atoms with Crippen molar-refractivity contribution in [1.29, 1.82) is 0 Å². The van der Waals surface area contributed by atoms with Crippen molar-refractivity contribution >= 4 is 11.8 Å². The highest BCUT2D eigenvalue weighted by molar-refractivity contribution is 5.82. The third-order valence-corrected chi connectivity index (χ3v) is 6.00. The number of halogens is 3. The van der Waals surface area contributed by atoms with Gasteiger partial charge in [-0.3, -0.25) is 0 Å². The number of anilines is 1. The maximum Gasteiger partial charge on any atom is 0.416 e. The average Bonchev–Trinajstić information content (AvgIpc) is 2.72. The summed E-state index contributed by atoms with van der Waals surface area (Å²) in [5, 5.41) is 9.30. The number of hydrogen-bond acceptors (Lipinski definition) is 3. The fourth-order valence-electron chi connectivity index (χ4n) is 4.27. The molecule has 1 amide bonds. The van der Waals surface area contributed by atoms with Crippen LogP contribution in [-0.2, 0) is 19.1 Å². The molecule has 0 spiro atoms. The van der Waals surface area contributed by atoms with Gasteiger partial charge in [-0.1, -0.05) is 24.3 Å². The lowest BCUT2D eigenvalue weighted by atomic mass is 9.89. The Bertz CT molecular complexity index is 953. The molecular formula is C22H24F3N3O2. The van der Waals surface area contributed by atoms with Crippen molar-refractivity contribution < 1.29 is 23.1 Å². The lowest BCUT2D eigenvalue weighted by molar-refractivity contribution is -0.137. The Labute approximate surface area is 173 Å². The van der Waals surface area contributed by atoms with Crippen molar-refractivity contribution in [1.82, 2.24) is 9.80 Å². The third kappa shape index (κ3) is 3.96. The van der Waals surface area contributed by atoms with Crippen molar-refractivity contribution in [2.24, 2.45) is 0 Å². The fraction of sp³-hybridized carbons (Fsp3) is 0.409. The second kappa shape index (κ2) is 7.83. The second-order valence-electron chi connectivity index (χ2n) is 7.92. The summed E-state index contributed by atoms with van der Waals surface area (Å²) >= 11 is 0. The molecule has 1 N–H and O–H groups in total. The molecule has 0 radical (unpaired) electrons. The lowest BCUT2D eigenvalue weighted by Crippen LogP contribution is -2.44. The van der Waals surface area contributed by atoms with Crippen LogP contribution in [-0.4, -0.2) is 60.8 Å². The van der Waals surface area contributed by atoms with Crippen LogP contribution >= 0.6 is 0 Å². The van der Waals surface area contributed by atoms with Crippen molar-refractivity contribution in [2.75, 3.05) is 44.7 Å². The monoisotopic (exact) mass is 419 g/mol. The first kappa shape index (κ1) is 20.5. The van der Waals surface area contributed by atoms with Crippen LogP contribution in [0.3, 0.4) is 0 Å². The summed E-state index contributed by atoms with van der Waals surface area (Å²) in [6.45, 7) is 3.57. The number of rotatable bonds is 2. The summed E-state index contributed by atoms with van der Waals surface area (Å²) in [7, 11) is 2.01.